The molecule has 0 spiro atoms. The summed E-state index contributed by atoms with van der Waals surface area (Å²) in [4.78, 5) is 23.1. The average molecular weight is 292 g/mol. The standard InChI is InChI=1S/C13H25N3O2.ClH/c1-13(2,3)16-11(17)6-8-15-12(18)9-10-5-4-7-14-10;/h10,14H,4-9H2,1-3H3,(H,15,18)(H,16,17);1H. The number of carbonyl (C=O) groups excluding carboxylic acids is 2. The fourth-order valence-corrected chi connectivity index (χ4v) is 2.02. The first kappa shape index (κ1) is 18.2. The zero-order chi connectivity index (χ0) is 13.6. The van der Waals surface area contributed by atoms with Crippen molar-refractivity contribution < 1.29 is 9.59 Å². The first-order valence-electron chi connectivity index (χ1n) is 6.68. The van der Waals surface area contributed by atoms with E-state index in [-0.39, 0.29) is 29.8 Å². The van der Waals surface area contributed by atoms with Gasteiger partial charge >= 0.3 is 0 Å². The van der Waals surface area contributed by atoms with Crippen molar-refractivity contribution in [2.75, 3.05) is 13.1 Å². The highest BCUT2D eigenvalue weighted by Gasteiger charge is 2.18. The summed E-state index contributed by atoms with van der Waals surface area (Å²) >= 11 is 0. The number of rotatable bonds is 5. The summed E-state index contributed by atoms with van der Waals surface area (Å²) in [6.45, 7) is 7.24. The molecule has 1 rings (SSSR count). The van der Waals surface area contributed by atoms with Gasteiger partial charge in [-0.05, 0) is 40.2 Å². The largest absolute Gasteiger partial charge is 0.356 e. The highest BCUT2D eigenvalue weighted by Crippen LogP contribution is 2.08. The lowest BCUT2D eigenvalue weighted by Gasteiger charge is -2.20. The zero-order valence-corrected chi connectivity index (χ0v) is 12.9. The highest BCUT2D eigenvalue weighted by molar-refractivity contribution is 5.85. The molecule has 0 aromatic carbocycles. The molecule has 1 saturated heterocycles. The molecular weight excluding hydrogens is 266 g/mol. The molecule has 0 saturated carbocycles. The molecule has 1 fully saturated rings. The molecule has 1 heterocycles. The van der Waals surface area contributed by atoms with Crippen molar-refractivity contribution in [3.8, 4) is 0 Å². The van der Waals surface area contributed by atoms with E-state index in [0.717, 1.165) is 19.4 Å². The van der Waals surface area contributed by atoms with E-state index in [9.17, 15) is 9.59 Å². The molecule has 1 atom stereocenters. The van der Waals surface area contributed by atoms with Crippen molar-refractivity contribution in [1.29, 1.82) is 0 Å². The van der Waals surface area contributed by atoms with Crippen LogP contribution >= 0.6 is 12.4 Å². The van der Waals surface area contributed by atoms with Crippen molar-refractivity contribution in [2.24, 2.45) is 0 Å². The molecule has 1 aliphatic rings. The van der Waals surface area contributed by atoms with E-state index in [2.05, 4.69) is 16.0 Å². The molecule has 0 aromatic heterocycles. The van der Waals surface area contributed by atoms with E-state index in [1.54, 1.807) is 0 Å². The maximum Gasteiger partial charge on any atom is 0.222 e. The topological polar surface area (TPSA) is 70.2 Å². The van der Waals surface area contributed by atoms with Gasteiger partial charge in [-0.2, -0.15) is 0 Å². The van der Waals surface area contributed by atoms with Crippen LogP contribution in [0.3, 0.4) is 0 Å². The van der Waals surface area contributed by atoms with Gasteiger partial charge in [0.05, 0.1) is 0 Å². The minimum atomic E-state index is -0.213. The third kappa shape index (κ3) is 8.83. The Morgan fingerprint density at radius 2 is 1.95 bits per heavy atom. The van der Waals surface area contributed by atoms with E-state index >= 15 is 0 Å². The fraction of sp³-hybridized carbons (Fsp3) is 0.846. The Morgan fingerprint density at radius 3 is 2.47 bits per heavy atom. The van der Waals surface area contributed by atoms with Gasteiger partial charge in [-0.3, -0.25) is 9.59 Å². The van der Waals surface area contributed by atoms with Gasteiger partial charge in [-0.25, -0.2) is 0 Å². The van der Waals surface area contributed by atoms with Crippen molar-refractivity contribution in [3.05, 3.63) is 0 Å². The van der Waals surface area contributed by atoms with Crippen LogP contribution in [0.1, 0.15) is 46.5 Å². The van der Waals surface area contributed by atoms with Crippen LogP contribution in [0.4, 0.5) is 0 Å². The smallest absolute Gasteiger partial charge is 0.222 e. The molecule has 2 amide bonds. The minimum Gasteiger partial charge on any atom is -0.356 e. The average Bonchev–Trinajstić information content (AvgIpc) is 2.67. The number of hydrogen-bond acceptors (Lipinski definition) is 3. The molecule has 3 N–H and O–H groups in total. The van der Waals surface area contributed by atoms with Crippen LogP contribution in [-0.2, 0) is 9.59 Å². The predicted octanol–water partition coefficient (Wildman–Crippen LogP) is 0.971. The van der Waals surface area contributed by atoms with Gasteiger partial charge in [0.2, 0.25) is 11.8 Å². The van der Waals surface area contributed by atoms with Crippen LogP contribution in [0.2, 0.25) is 0 Å². The number of halogens is 1. The van der Waals surface area contributed by atoms with Gasteiger partial charge in [0, 0.05) is 31.0 Å². The van der Waals surface area contributed by atoms with Crippen molar-refractivity contribution in [3.63, 3.8) is 0 Å². The van der Waals surface area contributed by atoms with Gasteiger partial charge in [-0.1, -0.05) is 0 Å². The Bertz CT molecular complexity index is 297. The zero-order valence-electron chi connectivity index (χ0n) is 12.0. The van der Waals surface area contributed by atoms with Gasteiger partial charge in [0.1, 0.15) is 0 Å². The predicted molar refractivity (Wildman–Crippen MR) is 78.4 cm³/mol. The second kappa shape index (κ2) is 8.38. The van der Waals surface area contributed by atoms with Crippen LogP contribution in [0.25, 0.3) is 0 Å². The Balaban J connectivity index is 0.00000324. The lowest BCUT2D eigenvalue weighted by Crippen LogP contribution is -2.42. The van der Waals surface area contributed by atoms with Crippen molar-refractivity contribution >= 4 is 24.2 Å². The minimum absolute atomic E-state index is 0. The van der Waals surface area contributed by atoms with Gasteiger partial charge < -0.3 is 16.0 Å². The van der Waals surface area contributed by atoms with Gasteiger partial charge in [0.15, 0.2) is 0 Å². The first-order chi connectivity index (χ1) is 8.37. The molecule has 0 aliphatic carbocycles. The third-order valence-electron chi connectivity index (χ3n) is 2.78. The summed E-state index contributed by atoms with van der Waals surface area (Å²) in [6.07, 6.45) is 3.06. The maximum absolute atomic E-state index is 11.6. The molecule has 6 heteroatoms. The summed E-state index contributed by atoms with van der Waals surface area (Å²) < 4.78 is 0. The van der Waals surface area contributed by atoms with E-state index < -0.39 is 0 Å². The maximum atomic E-state index is 11.6. The van der Waals surface area contributed by atoms with Gasteiger partial charge in [-0.15, -0.1) is 12.4 Å². The highest BCUT2D eigenvalue weighted by atomic mass is 35.5. The SMILES string of the molecule is CC(C)(C)NC(=O)CCNC(=O)CC1CCCN1.Cl. The van der Waals surface area contributed by atoms with E-state index in [4.69, 9.17) is 0 Å². The molecule has 1 unspecified atom stereocenters. The second-order valence-electron chi connectivity index (χ2n) is 5.90. The summed E-state index contributed by atoms with van der Waals surface area (Å²) in [5.41, 5.74) is -0.213. The fourth-order valence-electron chi connectivity index (χ4n) is 2.02. The van der Waals surface area contributed by atoms with Crippen LogP contribution < -0.4 is 16.0 Å². The Labute approximate surface area is 121 Å². The molecule has 0 aromatic rings. The van der Waals surface area contributed by atoms with Crippen molar-refractivity contribution in [1.82, 2.24) is 16.0 Å². The lowest BCUT2D eigenvalue weighted by atomic mass is 10.1. The van der Waals surface area contributed by atoms with E-state index in [1.807, 2.05) is 20.8 Å². The normalized spacial score (nSPS) is 18.6. The Morgan fingerprint density at radius 1 is 1.26 bits per heavy atom. The molecule has 5 nitrogen and oxygen atoms in total. The monoisotopic (exact) mass is 291 g/mol. The van der Waals surface area contributed by atoms with Crippen LogP contribution in [0.5, 0.6) is 0 Å². The first-order valence-corrected chi connectivity index (χ1v) is 6.68. The molecule has 1 aliphatic heterocycles. The number of carbonyl (C=O) groups is 2. The quantitative estimate of drug-likeness (QED) is 0.707. The van der Waals surface area contributed by atoms with E-state index in [1.165, 1.54) is 0 Å². The number of hydrogen-bond donors (Lipinski definition) is 3. The van der Waals surface area contributed by atoms with Crippen molar-refractivity contribution in [2.45, 2.75) is 58.0 Å². The number of nitrogens with one attached hydrogen (secondary N) is 3. The van der Waals surface area contributed by atoms with Crippen LogP contribution in [0.15, 0.2) is 0 Å². The molecule has 112 valence electrons. The van der Waals surface area contributed by atoms with Crippen LogP contribution in [-0.4, -0.2) is 36.5 Å². The summed E-state index contributed by atoms with van der Waals surface area (Å²) in [5.74, 6) is -0.000231. The Hall–Kier alpha value is -0.810. The molecule has 0 radical (unpaired) electrons. The Kier molecular flexibility index (Phi) is 8.02. The van der Waals surface area contributed by atoms with E-state index in [0.29, 0.717) is 25.4 Å². The molecule has 19 heavy (non-hydrogen) atoms. The summed E-state index contributed by atoms with van der Waals surface area (Å²) in [7, 11) is 0. The summed E-state index contributed by atoms with van der Waals surface area (Å²) in [6, 6.07) is 0.313. The third-order valence-corrected chi connectivity index (χ3v) is 2.78. The molecule has 0 bridgehead atoms. The van der Waals surface area contributed by atoms with Crippen LogP contribution in [0, 0.1) is 0 Å². The van der Waals surface area contributed by atoms with Gasteiger partial charge in [0.25, 0.3) is 0 Å². The number of amides is 2. The summed E-state index contributed by atoms with van der Waals surface area (Å²) in [5, 5.41) is 8.93. The second-order valence-corrected chi connectivity index (χ2v) is 5.90. The lowest BCUT2D eigenvalue weighted by molar-refractivity contribution is -0.123. The molecular formula is C13H26ClN3O2.